The van der Waals surface area contributed by atoms with Crippen LogP contribution in [0.3, 0.4) is 0 Å². The van der Waals surface area contributed by atoms with Crippen LogP contribution in [0.5, 0.6) is 0 Å². The predicted octanol–water partition coefficient (Wildman–Crippen LogP) is 5.31. The van der Waals surface area contributed by atoms with Gasteiger partial charge in [0.2, 0.25) is 0 Å². The maximum atomic E-state index is 14.2. The molecule has 0 atom stereocenters. The number of hydrogen-bond donors (Lipinski definition) is 3. The molecule has 0 saturated heterocycles. The van der Waals surface area contributed by atoms with Crippen molar-refractivity contribution in [2.45, 2.75) is 45.8 Å². The van der Waals surface area contributed by atoms with Crippen LogP contribution < -0.4 is 0 Å². The first-order valence-corrected chi connectivity index (χ1v) is 9.77. The number of benzene rings is 2. The molecule has 2 aromatic carbocycles. The molecule has 0 aliphatic carbocycles. The summed E-state index contributed by atoms with van der Waals surface area (Å²) in [5.74, 6) is 0.322. The molecule has 0 amide bonds. The van der Waals surface area contributed by atoms with E-state index < -0.39 is 12.1 Å². The van der Waals surface area contributed by atoms with E-state index in [1.54, 1.807) is 6.07 Å². The van der Waals surface area contributed by atoms with Gasteiger partial charge < -0.3 is 19.8 Å². The Morgan fingerprint density at radius 1 is 1.17 bits per heavy atom. The SMILES string of the molecule is CCc1oc2ccc(C(/C=C/c3ccc(C(O)O)cc3F)=N/O)cc2c1C(C)(C)C. The van der Waals surface area contributed by atoms with Gasteiger partial charge in [0.1, 0.15) is 22.9 Å². The van der Waals surface area contributed by atoms with Gasteiger partial charge in [-0.1, -0.05) is 45.0 Å². The first-order chi connectivity index (χ1) is 14.2. The Morgan fingerprint density at radius 3 is 2.47 bits per heavy atom. The van der Waals surface area contributed by atoms with E-state index in [4.69, 9.17) is 14.6 Å². The lowest BCUT2D eigenvalue weighted by atomic mass is 9.84. The van der Waals surface area contributed by atoms with Crippen molar-refractivity contribution in [1.82, 2.24) is 0 Å². The van der Waals surface area contributed by atoms with Gasteiger partial charge in [-0.15, -0.1) is 0 Å². The number of halogens is 1. The van der Waals surface area contributed by atoms with E-state index in [2.05, 4.69) is 25.9 Å². The van der Waals surface area contributed by atoms with E-state index in [9.17, 15) is 9.60 Å². The maximum Gasteiger partial charge on any atom is 0.178 e. The molecule has 1 heterocycles. The molecule has 158 valence electrons. The highest BCUT2D eigenvalue weighted by Gasteiger charge is 2.24. The molecule has 3 rings (SSSR count). The quantitative estimate of drug-likeness (QED) is 0.230. The number of oxime groups is 1. The van der Waals surface area contributed by atoms with Crippen molar-refractivity contribution >= 4 is 22.8 Å². The third kappa shape index (κ3) is 4.30. The molecule has 0 aliphatic rings. The largest absolute Gasteiger partial charge is 0.461 e. The highest BCUT2D eigenvalue weighted by Crippen LogP contribution is 2.36. The van der Waals surface area contributed by atoms with Gasteiger partial charge >= 0.3 is 0 Å². The van der Waals surface area contributed by atoms with Gasteiger partial charge in [-0.25, -0.2) is 4.39 Å². The van der Waals surface area contributed by atoms with Crippen molar-refractivity contribution in [2.24, 2.45) is 5.16 Å². The van der Waals surface area contributed by atoms with E-state index in [1.807, 2.05) is 19.1 Å². The lowest BCUT2D eigenvalue weighted by Gasteiger charge is -2.19. The van der Waals surface area contributed by atoms with Gasteiger partial charge in [0.25, 0.3) is 0 Å². The smallest absolute Gasteiger partial charge is 0.178 e. The van der Waals surface area contributed by atoms with Crippen LogP contribution in [0.1, 0.15) is 62.0 Å². The lowest BCUT2D eigenvalue weighted by molar-refractivity contribution is -0.0426. The zero-order valence-electron chi connectivity index (χ0n) is 17.5. The molecular formula is C24H26FNO4. The summed E-state index contributed by atoms with van der Waals surface area (Å²) < 4.78 is 20.2. The summed E-state index contributed by atoms with van der Waals surface area (Å²) in [7, 11) is 0. The second kappa shape index (κ2) is 8.42. The van der Waals surface area contributed by atoms with Crippen LogP contribution in [0.2, 0.25) is 0 Å². The van der Waals surface area contributed by atoms with Gasteiger partial charge in [0, 0.05) is 34.1 Å². The Bertz CT molecular complexity index is 1120. The normalized spacial score (nSPS) is 13.1. The van der Waals surface area contributed by atoms with Gasteiger partial charge in [-0.05, 0) is 41.8 Å². The zero-order chi connectivity index (χ0) is 22.1. The standard InChI is InChI=1S/C24H26FNO4/c1-5-20-22(24(2,3)4)17-12-15(9-11-21(17)30-20)19(26-29)10-8-14-6-7-16(23(27)28)13-18(14)25/h6-13,23,27-29H,5H2,1-4H3/b10-8+,26-19+. The molecule has 0 fully saturated rings. The third-order valence-corrected chi connectivity index (χ3v) is 4.98. The molecule has 0 saturated carbocycles. The number of aliphatic hydroxyl groups is 2. The lowest BCUT2D eigenvalue weighted by Crippen LogP contribution is -2.12. The molecule has 3 N–H and O–H groups in total. The Kier molecular flexibility index (Phi) is 6.10. The average molecular weight is 411 g/mol. The molecule has 1 aromatic heterocycles. The second-order valence-electron chi connectivity index (χ2n) is 8.19. The van der Waals surface area contributed by atoms with Crippen LogP contribution in [-0.4, -0.2) is 21.1 Å². The molecule has 0 bridgehead atoms. The summed E-state index contributed by atoms with van der Waals surface area (Å²) in [5, 5.41) is 32.2. The fourth-order valence-electron chi connectivity index (χ4n) is 3.57. The second-order valence-corrected chi connectivity index (χ2v) is 8.19. The van der Waals surface area contributed by atoms with E-state index in [1.165, 1.54) is 24.3 Å². The maximum absolute atomic E-state index is 14.2. The minimum atomic E-state index is -1.74. The number of rotatable bonds is 5. The van der Waals surface area contributed by atoms with Crippen LogP contribution in [0, 0.1) is 5.82 Å². The topological polar surface area (TPSA) is 86.2 Å². The van der Waals surface area contributed by atoms with Crippen LogP contribution in [0.4, 0.5) is 4.39 Å². The van der Waals surface area contributed by atoms with Gasteiger partial charge in [0.05, 0.1) is 0 Å². The molecule has 0 unspecified atom stereocenters. The monoisotopic (exact) mass is 411 g/mol. The Morgan fingerprint density at radius 2 is 1.90 bits per heavy atom. The van der Waals surface area contributed by atoms with E-state index in [0.717, 1.165) is 34.8 Å². The summed E-state index contributed by atoms with van der Waals surface area (Å²) >= 11 is 0. The highest BCUT2D eigenvalue weighted by atomic mass is 19.1. The van der Waals surface area contributed by atoms with Crippen molar-refractivity contribution in [1.29, 1.82) is 0 Å². The Balaban J connectivity index is 2.00. The predicted molar refractivity (Wildman–Crippen MR) is 115 cm³/mol. The third-order valence-electron chi connectivity index (χ3n) is 4.98. The molecular weight excluding hydrogens is 385 g/mol. The number of furan rings is 1. The number of aryl methyl sites for hydroxylation is 1. The average Bonchev–Trinajstić information content (AvgIpc) is 3.07. The molecule has 0 spiro atoms. The van der Waals surface area contributed by atoms with Crippen molar-refractivity contribution in [2.75, 3.05) is 0 Å². The van der Waals surface area contributed by atoms with E-state index in [0.29, 0.717) is 5.56 Å². The van der Waals surface area contributed by atoms with Crippen LogP contribution in [-0.2, 0) is 11.8 Å². The minimum Gasteiger partial charge on any atom is -0.461 e. The molecule has 6 heteroatoms. The van der Waals surface area contributed by atoms with Crippen LogP contribution in [0.15, 0.2) is 52.0 Å². The van der Waals surface area contributed by atoms with Crippen LogP contribution >= 0.6 is 0 Å². The van der Waals surface area contributed by atoms with Crippen molar-refractivity contribution in [3.8, 4) is 0 Å². The zero-order valence-corrected chi connectivity index (χ0v) is 17.5. The van der Waals surface area contributed by atoms with Crippen molar-refractivity contribution in [3.05, 3.63) is 76.3 Å². The van der Waals surface area contributed by atoms with Crippen LogP contribution in [0.25, 0.3) is 17.0 Å². The summed E-state index contributed by atoms with van der Waals surface area (Å²) in [6.45, 7) is 8.42. The molecule has 5 nitrogen and oxygen atoms in total. The molecule has 0 radical (unpaired) electrons. The Labute approximate surface area is 174 Å². The molecule has 3 aromatic rings. The minimum absolute atomic E-state index is 0.0625. The highest BCUT2D eigenvalue weighted by molar-refractivity contribution is 6.12. The number of allylic oxidation sites excluding steroid dienone is 1. The van der Waals surface area contributed by atoms with Gasteiger partial charge in [-0.2, -0.15) is 0 Å². The van der Waals surface area contributed by atoms with Gasteiger partial charge in [0.15, 0.2) is 6.29 Å². The van der Waals surface area contributed by atoms with E-state index >= 15 is 0 Å². The molecule has 30 heavy (non-hydrogen) atoms. The Hall–Kier alpha value is -2.96. The fourth-order valence-corrected chi connectivity index (χ4v) is 3.57. The summed E-state index contributed by atoms with van der Waals surface area (Å²) in [6.07, 6.45) is 2.01. The number of nitrogens with zero attached hydrogens (tertiary/aromatic N) is 1. The summed E-state index contributed by atoms with van der Waals surface area (Å²) in [5.41, 5.74) is 2.99. The van der Waals surface area contributed by atoms with Gasteiger partial charge in [-0.3, -0.25) is 0 Å². The fraction of sp³-hybridized carbons (Fsp3) is 0.292. The van der Waals surface area contributed by atoms with E-state index in [-0.39, 0.29) is 22.3 Å². The van der Waals surface area contributed by atoms with Crippen molar-refractivity contribution in [3.63, 3.8) is 0 Å². The number of hydrogen-bond acceptors (Lipinski definition) is 5. The first kappa shape index (κ1) is 21.7. The number of aliphatic hydroxyl groups excluding tert-OH is 1. The summed E-state index contributed by atoms with van der Waals surface area (Å²) in [4.78, 5) is 0. The summed E-state index contributed by atoms with van der Waals surface area (Å²) in [6, 6.07) is 9.45. The van der Waals surface area contributed by atoms with Crippen molar-refractivity contribution < 1.29 is 24.2 Å². The molecule has 0 aliphatic heterocycles. The first-order valence-electron chi connectivity index (χ1n) is 9.77. The number of fused-ring (bicyclic) bond motifs is 1.